The predicted octanol–water partition coefficient (Wildman–Crippen LogP) is 2.29. The lowest BCUT2D eigenvalue weighted by molar-refractivity contribution is 0.145. The highest BCUT2D eigenvalue weighted by atomic mass is 32.1. The van der Waals surface area contributed by atoms with E-state index in [1.165, 1.54) is 0 Å². The Hall–Kier alpha value is 0.0500. The molecule has 0 aliphatic heterocycles. The standard InChI is InChI=1S/C8H16OS/c1-2-9-7-5-3-4-6-8-10/h4,6,10H,2-3,5,7-8H2,1H3/b6-4+. The number of ether oxygens (including phenoxy) is 1. The Labute approximate surface area is 68.9 Å². The summed E-state index contributed by atoms with van der Waals surface area (Å²) in [5, 5.41) is 0. The number of thiol groups is 1. The largest absolute Gasteiger partial charge is 0.382 e. The van der Waals surface area contributed by atoms with E-state index < -0.39 is 0 Å². The van der Waals surface area contributed by atoms with Crippen LogP contribution in [0.1, 0.15) is 19.8 Å². The first kappa shape index (κ1) is 10.0. The molecule has 0 fully saturated rings. The summed E-state index contributed by atoms with van der Waals surface area (Å²) in [4.78, 5) is 0. The summed E-state index contributed by atoms with van der Waals surface area (Å²) in [6.45, 7) is 3.73. The van der Waals surface area contributed by atoms with E-state index in [2.05, 4.69) is 24.8 Å². The van der Waals surface area contributed by atoms with Crippen molar-refractivity contribution in [2.75, 3.05) is 19.0 Å². The summed E-state index contributed by atoms with van der Waals surface area (Å²) in [5.74, 6) is 0.842. The van der Waals surface area contributed by atoms with Crippen LogP contribution < -0.4 is 0 Å². The molecule has 60 valence electrons. The molecular formula is C8H16OS. The van der Waals surface area contributed by atoms with Crippen LogP contribution in [0.3, 0.4) is 0 Å². The van der Waals surface area contributed by atoms with Gasteiger partial charge in [-0.1, -0.05) is 12.2 Å². The molecule has 0 bridgehead atoms. The van der Waals surface area contributed by atoms with Gasteiger partial charge in [0.05, 0.1) is 0 Å². The lowest BCUT2D eigenvalue weighted by atomic mass is 10.3. The molecule has 0 aliphatic rings. The molecule has 0 aromatic rings. The van der Waals surface area contributed by atoms with Crippen molar-refractivity contribution in [2.45, 2.75) is 19.8 Å². The van der Waals surface area contributed by atoms with Gasteiger partial charge in [-0.2, -0.15) is 12.6 Å². The first-order valence-corrected chi connectivity index (χ1v) is 4.38. The van der Waals surface area contributed by atoms with E-state index in [1.807, 2.05) is 6.92 Å². The van der Waals surface area contributed by atoms with Gasteiger partial charge in [0.15, 0.2) is 0 Å². The van der Waals surface area contributed by atoms with Crippen molar-refractivity contribution in [1.29, 1.82) is 0 Å². The maximum absolute atomic E-state index is 5.16. The fourth-order valence-corrected chi connectivity index (χ4v) is 0.789. The van der Waals surface area contributed by atoms with E-state index in [1.54, 1.807) is 0 Å². The molecule has 0 heterocycles. The van der Waals surface area contributed by atoms with E-state index in [0.717, 1.165) is 31.8 Å². The lowest BCUT2D eigenvalue weighted by Gasteiger charge is -1.96. The van der Waals surface area contributed by atoms with Crippen LogP contribution in [0.25, 0.3) is 0 Å². The fourth-order valence-electron chi connectivity index (χ4n) is 0.640. The molecule has 0 N–H and O–H groups in total. The predicted molar refractivity (Wildman–Crippen MR) is 48.7 cm³/mol. The third-order valence-electron chi connectivity index (χ3n) is 1.14. The number of allylic oxidation sites excluding steroid dienone is 1. The van der Waals surface area contributed by atoms with Crippen molar-refractivity contribution in [3.63, 3.8) is 0 Å². The maximum Gasteiger partial charge on any atom is 0.0468 e. The van der Waals surface area contributed by atoms with Gasteiger partial charge >= 0.3 is 0 Å². The molecule has 0 amide bonds. The molecule has 0 saturated heterocycles. The Morgan fingerprint density at radius 2 is 2.20 bits per heavy atom. The third kappa shape index (κ3) is 8.05. The van der Waals surface area contributed by atoms with Crippen molar-refractivity contribution >= 4 is 12.6 Å². The van der Waals surface area contributed by atoms with Crippen LogP contribution in [0.2, 0.25) is 0 Å². The molecule has 0 unspecified atom stereocenters. The summed E-state index contributed by atoms with van der Waals surface area (Å²) < 4.78 is 5.16. The Kier molecular flexibility index (Phi) is 9.10. The van der Waals surface area contributed by atoms with Crippen LogP contribution in [-0.4, -0.2) is 19.0 Å². The van der Waals surface area contributed by atoms with Gasteiger partial charge in [0.1, 0.15) is 0 Å². The van der Waals surface area contributed by atoms with Gasteiger partial charge in [-0.15, -0.1) is 0 Å². The van der Waals surface area contributed by atoms with Gasteiger partial charge in [0.2, 0.25) is 0 Å². The summed E-state index contributed by atoms with van der Waals surface area (Å²) in [7, 11) is 0. The second kappa shape index (κ2) is 9.05. The van der Waals surface area contributed by atoms with Gasteiger partial charge in [0, 0.05) is 19.0 Å². The molecule has 0 aromatic carbocycles. The normalized spacial score (nSPS) is 11.0. The highest BCUT2D eigenvalue weighted by molar-refractivity contribution is 7.80. The van der Waals surface area contributed by atoms with Crippen molar-refractivity contribution in [3.8, 4) is 0 Å². The molecule has 0 aromatic heterocycles. The topological polar surface area (TPSA) is 9.23 Å². The average Bonchev–Trinajstić information content (AvgIpc) is 1.97. The van der Waals surface area contributed by atoms with Gasteiger partial charge in [-0.05, 0) is 19.8 Å². The minimum absolute atomic E-state index is 0.830. The second-order valence-corrected chi connectivity index (χ2v) is 2.36. The number of hydrogen-bond acceptors (Lipinski definition) is 2. The quantitative estimate of drug-likeness (QED) is 0.356. The summed E-state index contributed by atoms with van der Waals surface area (Å²) >= 11 is 4.05. The maximum atomic E-state index is 5.16. The monoisotopic (exact) mass is 160 g/mol. The number of unbranched alkanes of at least 4 members (excludes halogenated alkanes) is 1. The Morgan fingerprint density at radius 1 is 1.40 bits per heavy atom. The van der Waals surface area contributed by atoms with Crippen LogP contribution in [0.4, 0.5) is 0 Å². The minimum atomic E-state index is 0.830. The molecular weight excluding hydrogens is 144 g/mol. The zero-order chi connectivity index (χ0) is 7.66. The van der Waals surface area contributed by atoms with E-state index in [0.29, 0.717) is 0 Å². The average molecular weight is 160 g/mol. The zero-order valence-corrected chi connectivity index (χ0v) is 7.44. The Balaban J connectivity index is 2.83. The first-order valence-electron chi connectivity index (χ1n) is 3.75. The summed E-state index contributed by atoms with van der Waals surface area (Å²) in [6.07, 6.45) is 6.44. The first-order chi connectivity index (χ1) is 4.91. The molecule has 2 heteroatoms. The molecule has 10 heavy (non-hydrogen) atoms. The third-order valence-corrected chi connectivity index (χ3v) is 1.35. The lowest BCUT2D eigenvalue weighted by Crippen LogP contribution is -1.91. The van der Waals surface area contributed by atoms with Crippen LogP contribution in [0.15, 0.2) is 12.2 Å². The zero-order valence-electron chi connectivity index (χ0n) is 6.55. The summed E-state index contributed by atoms with van der Waals surface area (Å²) in [6, 6.07) is 0. The minimum Gasteiger partial charge on any atom is -0.382 e. The number of hydrogen-bond donors (Lipinski definition) is 1. The van der Waals surface area contributed by atoms with E-state index in [9.17, 15) is 0 Å². The van der Waals surface area contributed by atoms with Gasteiger partial charge in [0.25, 0.3) is 0 Å². The van der Waals surface area contributed by atoms with Gasteiger partial charge < -0.3 is 4.74 Å². The van der Waals surface area contributed by atoms with Crippen molar-refractivity contribution in [1.82, 2.24) is 0 Å². The van der Waals surface area contributed by atoms with Gasteiger partial charge in [-0.3, -0.25) is 0 Å². The molecule has 0 rings (SSSR count). The van der Waals surface area contributed by atoms with Gasteiger partial charge in [-0.25, -0.2) is 0 Å². The molecule has 1 nitrogen and oxygen atoms in total. The van der Waals surface area contributed by atoms with E-state index >= 15 is 0 Å². The van der Waals surface area contributed by atoms with E-state index in [-0.39, 0.29) is 0 Å². The Bertz CT molecular complexity index is 81.3. The van der Waals surface area contributed by atoms with Crippen LogP contribution >= 0.6 is 12.6 Å². The molecule has 0 spiro atoms. The molecule has 0 atom stereocenters. The van der Waals surface area contributed by atoms with Crippen molar-refractivity contribution in [2.24, 2.45) is 0 Å². The highest BCUT2D eigenvalue weighted by Crippen LogP contribution is 1.92. The Morgan fingerprint density at radius 3 is 2.80 bits per heavy atom. The van der Waals surface area contributed by atoms with E-state index in [4.69, 9.17) is 4.74 Å². The van der Waals surface area contributed by atoms with Crippen molar-refractivity contribution in [3.05, 3.63) is 12.2 Å². The second-order valence-electron chi connectivity index (χ2n) is 1.99. The van der Waals surface area contributed by atoms with Crippen LogP contribution in [0, 0.1) is 0 Å². The van der Waals surface area contributed by atoms with Crippen molar-refractivity contribution < 1.29 is 4.74 Å². The highest BCUT2D eigenvalue weighted by Gasteiger charge is 1.81. The van der Waals surface area contributed by atoms with Crippen LogP contribution in [-0.2, 0) is 4.74 Å². The van der Waals surface area contributed by atoms with Crippen LogP contribution in [0.5, 0.6) is 0 Å². The molecule has 0 saturated carbocycles. The fraction of sp³-hybridized carbons (Fsp3) is 0.750. The smallest absolute Gasteiger partial charge is 0.0468 e. The molecule has 0 aliphatic carbocycles. The molecule has 0 radical (unpaired) electrons. The number of rotatable bonds is 6. The SMILES string of the molecule is CCOCCC/C=C/CS. The summed E-state index contributed by atoms with van der Waals surface area (Å²) in [5.41, 5.74) is 0.